The van der Waals surface area contributed by atoms with Gasteiger partial charge in [0.2, 0.25) is 5.91 Å². The standard InChI is InChI=1S/C17H21FN2O2/c1-3-15-10(2)14-7-13(18)6-12(16(14)20-15)8-19-17(21)11-4-5-22-9-11/h6-7,11,20H,3-5,8-9H2,1-2H3,(H,19,21)/t11-/m1/s1. The molecule has 5 heteroatoms. The second kappa shape index (κ2) is 6.08. The molecule has 3 rings (SSSR count). The third-order valence-corrected chi connectivity index (χ3v) is 4.42. The summed E-state index contributed by atoms with van der Waals surface area (Å²) in [4.78, 5) is 15.4. The second-order valence-corrected chi connectivity index (χ2v) is 5.85. The third kappa shape index (κ3) is 2.73. The number of carbonyl (C=O) groups is 1. The van der Waals surface area contributed by atoms with Crippen LogP contribution in [0.3, 0.4) is 0 Å². The van der Waals surface area contributed by atoms with Gasteiger partial charge in [-0.1, -0.05) is 6.92 Å². The van der Waals surface area contributed by atoms with Crippen LogP contribution in [0, 0.1) is 18.7 Å². The van der Waals surface area contributed by atoms with Crippen LogP contribution in [-0.2, 0) is 22.5 Å². The monoisotopic (exact) mass is 304 g/mol. The molecule has 2 N–H and O–H groups in total. The summed E-state index contributed by atoms with van der Waals surface area (Å²) in [5, 5.41) is 3.80. The summed E-state index contributed by atoms with van der Waals surface area (Å²) < 4.78 is 19.1. The van der Waals surface area contributed by atoms with E-state index in [-0.39, 0.29) is 17.6 Å². The number of aromatic amines is 1. The molecule has 0 bridgehead atoms. The predicted octanol–water partition coefficient (Wildman–Crippen LogP) is 2.83. The first-order chi connectivity index (χ1) is 10.6. The molecule has 22 heavy (non-hydrogen) atoms. The Morgan fingerprint density at radius 3 is 3.00 bits per heavy atom. The lowest BCUT2D eigenvalue weighted by molar-refractivity contribution is -0.125. The van der Waals surface area contributed by atoms with E-state index in [4.69, 9.17) is 4.74 Å². The fourth-order valence-corrected chi connectivity index (χ4v) is 3.07. The Morgan fingerprint density at radius 2 is 2.32 bits per heavy atom. The van der Waals surface area contributed by atoms with Gasteiger partial charge in [-0.05, 0) is 43.0 Å². The number of hydrogen-bond donors (Lipinski definition) is 2. The van der Waals surface area contributed by atoms with Crippen molar-refractivity contribution in [3.8, 4) is 0 Å². The van der Waals surface area contributed by atoms with Gasteiger partial charge in [-0.15, -0.1) is 0 Å². The molecule has 1 saturated heterocycles. The minimum atomic E-state index is -0.272. The topological polar surface area (TPSA) is 54.1 Å². The molecule has 1 aromatic heterocycles. The van der Waals surface area contributed by atoms with Crippen molar-refractivity contribution in [2.24, 2.45) is 5.92 Å². The maximum Gasteiger partial charge on any atom is 0.225 e. The summed E-state index contributed by atoms with van der Waals surface area (Å²) in [5.41, 5.74) is 3.88. The highest BCUT2D eigenvalue weighted by molar-refractivity contribution is 5.88. The Hall–Kier alpha value is -1.88. The maximum absolute atomic E-state index is 13.9. The lowest BCUT2D eigenvalue weighted by Gasteiger charge is -2.10. The van der Waals surface area contributed by atoms with Crippen LogP contribution in [0.25, 0.3) is 10.9 Å². The van der Waals surface area contributed by atoms with Gasteiger partial charge in [0.05, 0.1) is 18.0 Å². The van der Waals surface area contributed by atoms with Crippen LogP contribution in [0.4, 0.5) is 4.39 Å². The third-order valence-electron chi connectivity index (χ3n) is 4.42. The Kier molecular flexibility index (Phi) is 4.16. The molecule has 1 atom stereocenters. The van der Waals surface area contributed by atoms with Gasteiger partial charge < -0.3 is 15.0 Å². The molecule has 1 fully saturated rings. The van der Waals surface area contributed by atoms with Crippen molar-refractivity contribution < 1.29 is 13.9 Å². The number of halogens is 1. The first-order valence-electron chi connectivity index (χ1n) is 7.75. The summed E-state index contributed by atoms with van der Waals surface area (Å²) in [6.45, 7) is 5.50. The van der Waals surface area contributed by atoms with E-state index in [2.05, 4.69) is 17.2 Å². The van der Waals surface area contributed by atoms with Crippen LogP contribution in [0.5, 0.6) is 0 Å². The summed E-state index contributed by atoms with van der Waals surface area (Å²) in [7, 11) is 0. The van der Waals surface area contributed by atoms with E-state index in [0.29, 0.717) is 19.8 Å². The minimum absolute atomic E-state index is 0.0195. The lowest BCUT2D eigenvalue weighted by Crippen LogP contribution is -2.30. The fourth-order valence-electron chi connectivity index (χ4n) is 3.07. The second-order valence-electron chi connectivity index (χ2n) is 5.85. The molecule has 0 aliphatic carbocycles. The van der Waals surface area contributed by atoms with Crippen molar-refractivity contribution in [3.05, 3.63) is 34.8 Å². The van der Waals surface area contributed by atoms with E-state index in [9.17, 15) is 9.18 Å². The van der Waals surface area contributed by atoms with E-state index in [1.165, 1.54) is 6.07 Å². The number of aromatic nitrogens is 1. The first-order valence-corrected chi connectivity index (χ1v) is 7.75. The number of rotatable bonds is 4. The van der Waals surface area contributed by atoms with Crippen molar-refractivity contribution >= 4 is 16.8 Å². The van der Waals surface area contributed by atoms with Crippen LogP contribution in [0.1, 0.15) is 30.2 Å². The van der Waals surface area contributed by atoms with Gasteiger partial charge in [0, 0.05) is 24.2 Å². The molecular formula is C17H21FN2O2. The Morgan fingerprint density at radius 1 is 1.50 bits per heavy atom. The quantitative estimate of drug-likeness (QED) is 0.912. The van der Waals surface area contributed by atoms with Crippen LogP contribution < -0.4 is 5.32 Å². The number of benzene rings is 1. The van der Waals surface area contributed by atoms with Crippen LogP contribution >= 0.6 is 0 Å². The molecule has 1 aromatic carbocycles. The molecule has 0 unspecified atom stereocenters. The smallest absolute Gasteiger partial charge is 0.225 e. The molecule has 2 heterocycles. The molecule has 4 nitrogen and oxygen atoms in total. The summed E-state index contributed by atoms with van der Waals surface area (Å²) >= 11 is 0. The number of H-pyrrole nitrogens is 1. The van der Waals surface area contributed by atoms with Crippen molar-refractivity contribution in [3.63, 3.8) is 0 Å². The van der Waals surface area contributed by atoms with Gasteiger partial charge in [0.15, 0.2) is 0 Å². The van der Waals surface area contributed by atoms with Gasteiger partial charge in [0.1, 0.15) is 5.82 Å². The number of fused-ring (bicyclic) bond motifs is 1. The SMILES string of the molecule is CCc1[nH]c2c(CNC(=O)[C@@H]3CCOC3)cc(F)cc2c1C. The fraction of sp³-hybridized carbons (Fsp3) is 0.471. The Labute approximate surface area is 129 Å². The van der Waals surface area contributed by atoms with Gasteiger partial charge in [-0.3, -0.25) is 4.79 Å². The molecule has 1 aliphatic heterocycles. The van der Waals surface area contributed by atoms with Gasteiger partial charge >= 0.3 is 0 Å². The zero-order valence-electron chi connectivity index (χ0n) is 13.0. The molecule has 0 radical (unpaired) electrons. The average Bonchev–Trinajstić information content (AvgIpc) is 3.13. The van der Waals surface area contributed by atoms with Gasteiger partial charge in [-0.25, -0.2) is 4.39 Å². The summed E-state index contributed by atoms with van der Waals surface area (Å²) in [6.07, 6.45) is 1.62. The van der Waals surface area contributed by atoms with Crippen LogP contribution in [0.15, 0.2) is 12.1 Å². The number of ether oxygens (including phenoxy) is 1. The van der Waals surface area contributed by atoms with E-state index in [1.54, 1.807) is 6.07 Å². The highest BCUT2D eigenvalue weighted by Gasteiger charge is 2.23. The maximum atomic E-state index is 13.9. The van der Waals surface area contributed by atoms with Crippen molar-refractivity contribution in [2.75, 3.05) is 13.2 Å². The predicted molar refractivity (Wildman–Crippen MR) is 83.1 cm³/mol. The first kappa shape index (κ1) is 15.0. The zero-order chi connectivity index (χ0) is 15.7. The largest absolute Gasteiger partial charge is 0.381 e. The molecule has 1 amide bonds. The minimum Gasteiger partial charge on any atom is -0.381 e. The summed E-state index contributed by atoms with van der Waals surface area (Å²) in [5.74, 6) is -0.375. The normalized spacial score (nSPS) is 18.0. The van der Waals surface area contributed by atoms with E-state index in [1.807, 2.05) is 6.92 Å². The average molecular weight is 304 g/mol. The summed E-state index contributed by atoms with van der Waals surface area (Å²) in [6, 6.07) is 3.04. The van der Waals surface area contributed by atoms with Crippen molar-refractivity contribution in [2.45, 2.75) is 33.2 Å². The molecule has 118 valence electrons. The number of nitrogens with one attached hydrogen (secondary N) is 2. The molecule has 0 spiro atoms. The molecule has 2 aromatic rings. The van der Waals surface area contributed by atoms with Gasteiger partial charge in [0.25, 0.3) is 0 Å². The Bertz CT molecular complexity index is 702. The lowest BCUT2D eigenvalue weighted by atomic mass is 10.1. The van der Waals surface area contributed by atoms with Crippen LogP contribution in [-0.4, -0.2) is 24.1 Å². The molecular weight excluding hydrogens is 283 g/mol. The number of carbonyl (C=O) groups excluding carboxylic acids is 1. The number of hydrogen-bond acceptors (Lipinski definition) is 2. The zero-order valence-corrected chi connectivity index (χ0v) is 13.0. The number of aryl methyl sites for hydroxylation is 2. The highest BCUT2D eigenvalue weighted by atomic mass is 19.1. The molecule has 0 saturated carbocycles. The highest BCUT2D eigenvalue weighted by Crippen LogP contribution is 2.26. The van der Waals surface area contributed by atoms with Crippen molar-refractivity contribution in [1.29, 1.82) is 0 Å². The van der Waals surface area contributed by atoms with Crippen molar-refractivity contribution in [1.82, 2.24) is 10.3 Å². The van der Waals surface area contributed by atoms with E-state index in [0.717, 1.165) is 40.6 Å². The van der Waals surface area contributed by atoms with E-state index >= 15 is 0 Å². The van der Waals surface area contributed by atoms with E-state index < -0.39 is 0 Å². The van der Waals surface area contributed by atoms with Crippen LogP contribution in [0.2, 0.25) is 0 Å². The Balaban J connectivity index is 1.85. The van der Waals surface area contributed by atoms with Gasteiger partial charge in [-0.2, -0.15) is 0 Å². The number of amides is 1. The molecule has 1 aliphatic rings.